The fourth-order valence-electron chi connectivity index (χ4n) is 2.45. The lowest BCUT2D eigenvalue weighted by molar-refractivity contribution is 0.466. The summed E-state index contributed by atoms with van der Waals surface area (Å²) in [5, 5.41) is 9.41. The Hall–Kier alpha value is -1.76. The van der Waals surface area contributed by atoms with Gasteiger partial charge in [-0.05, 0) is 47.6 Å². The molecule has 1 heteroatoms. The van der Waals surface area contributed by atoms with Crippen LogP contribution < -0.4 is 0 Å². The van der Waals surface area contributed by atoms with Crippen molar-refractivity contribution in [1.29, 1.82) is 0 Å². The van der Waals surface area contributed by atoms with Crippen LogP contribution in [0.3, 0.4) is 0 Å². The van der Waals surface area contributed by atoms with Gasteiger partial charge in [0.1, 0.15) is 5.75 Å². The van der Waals surface area contributed by atoms with Crippen LogP contribution in [0.2, 0.25) is 0 Å². The van der Waals surface area contributed by atoms with Crippen molar-refractivity contribution >= 4 is 0 Å². The van der Waals surface area contributed by atoms with Gasteiger partial charge in [-0.25, -0.2) is 0 Å². The maximum Gasteiger partial charge on any atom is 0.118 e. The van der Waals surface area contributed by atoms with Gasteiger partial charge < -0.3 is 5.11 Å². The average molecular weight is 268 g/mol. The van der Waals surface area contributed by atoms with Crippen LogP contribution in [0.5, 0.6) is 5.75 Å². The van der Waals surface area contributed by atoms with Crippen molar-refractivity contribution < 1.29 is 5.11 Å². The number of phenols is 1. The van der Waals surface area contributed by atoms with Crippen LogP contribution in [0.15, 0.2) is 42.5 Å². The van der Waals surface area contributed by atoms with E-state index in [1.165, 1.54) is 42.4 Å². The Morgan fingerprint density at radius 3 is 2.15 bits per heavy atom. The minimum atomic E-state index is 0.439. The Morgan fingerprint density at radius 1 is 0.900 bits per heavy atom. The van der Waals surface area contributed by atoms with E-state index in [4.69, 9.17) is 0 Å². The highest BCUT2D eigenvalue weighted by Gasteiger charge is 2.13. The lowest BCUT2D eigenvalue weighted by Gasteiger charge is -2.19. The summed E-state index contributed by atoms with van der Waals surface area (Å²) < 4.78 is 0. The van der Waals surface area contributed by atoms with Gasteiger partial charge in [-0.1, -0.05) is 63.1 Å². The van der Waals surface area contributed by atoms with Gasteiger partial charge in [-0.3, -0.25) is 0 Å². The number of phenolic OH excluding ortho intramolecular Hbond substituents is 1. The van der Waals surface area contributed by atoms with Crippen molar-refractivity contribution in [2.45, 2.75) is 46.0 Å². The standard InChI is InChI=1S/C11H16O.C8H8/c1-2-3-4-7-10-8-5-6-9-11(10)12;1-2-6-5-7-3-4-8(6)7/h5-6,8-9,12H,2-4,7H2,1H3;3-5H,2H2,1H3. The predicted octanol–water partition coefficient (Wildman–Crippen LogP) is 5.35. The molecule has 1 aromatic carbocycles. The normalized spacial score (nSPS) is 10.7. The van der Waals surface area contributed by atoms with E-state index < -0.39 is 0 Å². The Bertz CT molecular complexity index is 557. The minimum absolute atomic E-state index is 0.439. The molecule has 2 aliphatic carbocycles. The molecule has 1 nitrogen and oxygen atoms in total. The first kappa shape index (κ1) is 14.6. The predicted molar refractivity (Wildman–Crippen MR) is 86.1 cm³/mol. The van der Waals surface area contributed by atoms with E-state index in [1.807, 2.05) is 18.2 Å². The van der Waals surface area contributed by atoms with Gasteiger partial charge >= 0.3 is 0 Å². The highest BCUT2D eigenvalue weighted by molar-refractivity contribution is 5.80. The number of unbranched alkanes of at least 4 members (excludes halogenated alkanes) is 2. The lowest BCUT2D eigenvalue weighted by atomic mass is 9.86. The molecule has 0 bridgehead atoms. The molecule has 0 heterocycles. The first-order valence-corrected chi connectivity index (χ1v) is 7.66. The zero-order chi connectivity index (χ0) is 14.4. The Kier molecular flexibility index (Phi) is 5.23. The molecule has 0 saturated heterocycles. The number of para-hydroxylation sites is 1. The second kappa shape index (κ2) is 7.14. The molecule has 0 unspecified atom stereocenters. The molecule has 0 saturated carbocycles. The van der Waals surface area contributed by atoms with Gasteiger partial charge in [-0.15, -0.1) is 0 Å². The lowest BCUT2D eigenvalue weighted by Crippen LogP contribution is -1.97. The van der Waals surface area contributed by atoms with Gasteiger partial charge in [0.05, 0.1) is 0 Å². The highest BCUT2D eigenvalue weighted by atomic mass is 16.3. The molecule has 0 radical (unpaired) electrons. The van der Waals surface area contributed by atoms with E-state index >= 15 is 0 Å². The molecule has 0 fully saturated rings. The highest BCUT2D eigenvalue weighted by Crippen LogP contribution is 2.36. The largest absolute Gasteiger partial charge is 0.508 e. The Labute approximate surface area is 122 Å². The Balaban J connectivity index is 0.000000157. The fourth-order valence-corrected chi connectivity index (χ4v) is 2.45. The quantitative estimate of drug-likeness (QED) is 0.618. The zero-order valence-electron chi connectivity index (χ0n) is 12.5. The van der Waals surface area contributed by atoms with Crippen LogP contribution in [-0.2, 0) is 12.8 Å². The summed E-state index contributed by atoms with van der Waals surface area (Å²) in [6.45, 7) is 4.38. The van der Waals surface area contributed by atoms with E-state index in [1.54, 1.807) is 6.07 Å². The van der Waals surface area contributed by atoms with Gasteiger partial charge in [0.15, 0.2) is 0 Å². The second-order valence-electron chi connectivity index (χ2n) is 5.31. The number of aromatic hydroxyl groups is 1. The van der Waals surface area contributed by atoms with Crippen molar-refractivity contribution in [3.63, 3.8) is 0 Å². The Morgan fingerprint density at radius 2 is 1.70 bits per heavy atom. The minimum Gasteiger partial charge on any atom is -0.508 e. The van der Waals surface area contributed by atoms with Crippen molar-refractivity contribution in [3.8, 4) is 16.9 Å². The molecule has 0 aromatic heterocycles. The second-order valence-corrected chi connectivity index (χ2v) is 5.31. The molecule has 0 atom stereocenters. The van der Waals surface area contributed by atoms with Gasteiger partial charge in [0, 0.05) is 0 Å². The molecule has 0 aliphatic heterocycles. The molecule has 2 aliphatic rings. The van der Waals surface area contributed by atoms with Crippen LogP contribution in [0.25, 0.3) is 11.1 Å². The summed E-state index contributed by atoms with van der Waals surface area (Å²) in [6.07, 6.45) is 5.85. The van der Waals surface area contributed by atoms with E-state index in [0.29, 0.717) is 5.75 Å². The summed E-state index contributed by atoms with van der Waals surface area (Å²) >= 11 is 0. The van der Waals surface area contributed by atoms with E-state index in [2.05, 4.69) is 32.0 Å². The maximum atomic E-state index is 9.41. The zero-order valence-corrected chi connectivity index (χ0v) is 12.5. The maximum absolute atomic E-state index is 9.41. The molecule has 0 spiro atoms. The molecule has 1 N–H and O–H groups in total. The third kappa shape index (κ3) is 3.41. The van der Waals surface area contributed by atoms with Gasteiger partial charge in [0.2, 0.25) is 0 Å². The fraction of sp³-hybridized carbons (Fsp3) is 0.368. The summed E-state index contributed by atoms with van der Waals surface area (Å²) in [5.41, 5.74) is 5.57. The number of benzene rings is 2. The third-order valence-corrected chi connectivity index (χ3v) is 3.84. The van der Waals surface area contributed by atoms with Crippen LogP contribution in [0.4, 0.5) is 0 Å². The summed E-state index contributed by atoms with van der Waals surface area (Å²) in [7, 11) is 0. The van der Waals surface area contributed by atoms with Gasteiger partial charge in [0.25, 0.3) is 0 Å². The van der Waals surface area contributed by atoms with Crippen molar-refractivity contribution in [3.05, 3.63) is 53.6 Å². The average Bonchev–Trinajstić information content (AvgIpc) is 2.45. The molecule has 3 rings (SSSR count). The number of hydrogen-bond donors (Lipinski definition) is 1. The summed E-state index contributed by atoms with van der Waals surface area (Å²) in [5.74, 6) is 0.439. The molecular formula is C19H24O. The SMILES string of the molecule is CCCCCc1ccccc1O.CCc1cc2ccc1-2. The van der Waals surface area contributed by atoms with Crippen LogP contribution in [0.1, 0.15) is 44.2 Å². The molecular weight excluding hydrogens is 244 g/mol. The van der Waals surface area contributed by atoms with Crippen molar-refractivity contribution in [1.82, 2.24) is 0 Å². The third-order valence-electron chi connectivity index (χ3n) is 3.84. The number of aryl methyl sites for hydroxylation is 2. The topological polar surface area (TPSA) is 20.2 Å². The van der Waals surface area contributed by atoms with E-state index in [-0.39, 0.29) is 0 Å². The molecule has 1 aromatic rings. The number of hydrogen-bond acceptors (Lipinski definition) is 1. The van der Waals surface area contributed by atoms with Crippen LogP contribution in [-0.4, -0.2) is 5.11 Å². The molecule has 20 heavy (non-hydrogen) atoms. The number of fused-ring (bicyclic) bond motifs is 1. The first-order chi connectivity index (χ1) is 9.76. The van der Waals surface area contributed by atoms with Crippen molar-refractivity contribution in [2.24, 2.45) is 0 Å². The first-order valence-electron chi connectivity index (χ1n) is 7.66. The van der Waals surface area contributed by atoms with Gasteiger partial charge in [-0.2, -0.15) is 0 Å². The van der Waals surface area contributed by atoms with E-state index in [9.17, 15) is 5.11 Å². The number of rotatable bonds is 5. The van der Waals surface area contributed by atoms with Crippen LogP contribution in [0, 0.1) is 0 Å². The monoisotopic (exact) mass is 268 g/mol. The molecule has 0 amide bonds. The summed E-state index contributed by atoms with van der Waals surface area (Å²) in [6, 6.07) is 14.2. The molecule has 106 valence electrons. The van der Waals surface area contributed by atoms with E-state index in [0.717, 1.165) is 12.0 Å². The smallest absolute Gasteiger partial charge is 0.118 e. The van der Waals surface area contributed by atoms with Crippen molar-refractivity contribution in [2.75, 3.05) is 0 Å². The summed E-state index contributed by atoms with van der Waals surface area (Å²) in [4.78, 5) is 0. The van der Waals surface area contributed by atoms with Crippen LogP contribution >= 0.6 is 0 Å².